The van der Waals surface area contributed by atoms with Crippen LogP contribution in [0.5, 0.6) is 0 Å². The molecule has 0 aliphatic heterocycles. The van der Waals surface area contributed by atoms with Gasteiger partial charge >= 0.3 is 0 Å². The number of carbonyl (C=O) groups excluding carboxylic acids is 1. The Labute approximate surface area is 134 Å². The quantitative estimate of drug-likeness (QED) is 0.289. The third-order valence-corrected chi connectivity index (χ3v) is 3.44. The van der Waals surface area contributed by atoms with Crippen LogP contribution < -0.4 is 16.0 Å². The summed E-state index contributed by atoms with van der Waals surface area (Å²) in [6.45, 7) is 5.40. The van der Waals surface area contributed by atoms with Crippen LogP contribution in [0.4, 0.5) is 0 Å². The number of nitrogens with one attached hydrogen (secondary N) is 3. The average Bonchev–Trinajstić information content (AvgIpc) is 3.32. The highest BCUT2D eigenvalue weighted by molar-refractivity contribution is 5.79. The molecule has 1 fully saturated rings. The summed E-state index contributed by atoms with van der Waals surface area (Å²) in [5, 5.41) is 9.46. The molecule has 0 radical (unpaired) electrons. The molecule has 0 spiro atoms. The monoisotopic (exact) mass is 312 g/mol. The summed E-state index contributed by atoms with van der Waals surface area (Å²) in [6, 6.07) is 0.453. The smallest absolute Gasteiger partial charge is 0.220 e. The molecule has 0 heterocycles. The first-order chi connectivity index (χ1) is 10.8. The van der Waals surface area contributed by atoms with E-state index in [1.165, 1.54) is 6.42 Å². The summed E-state index contributed by atoms with van der Waals surface area (Å²) >= 11 is 0. The summed E-state index contributed by atoms with van der Waals surface area (Å²) in [4.78, 5) is 15.7. The first kappa shape index (κ1) is 18.7. The van der Waals surface area contributed by atoms with Crippen LogP contribution in [0.15, 0.2) is 4.99 Å². The summed E-state index contributed by atoms with van der Waals surface area (Å²) in [6.07, 6.45) is 6.95. The molecule has 128 valence electrons. The van der Waals surface area contributed by atoms with Crippen molar-refractivity contribution in [2.24, 2.45) is 4.99 Å². The number of amides is 1. The van der Waals surface area contributed by atoms with Gasteiger partial charge in [0.1, 0.15) is 0 Å². The van der Waals surface area contributed by atoms with E-state index in [-0.39, 0.29) is 5.91 Å². The molecule has 22 heavy (non-hydrogen) atoms. The van der Waals surface area contributed by atoms with Crippen LogP contribution in [-0.2, 0) is 9.53 Å². The lowest BCUT2D eigenvalue weighted by Crippen LogP contribution is -2.38. The van der Waals surface area contributed by atoms with E-state index < -0.39 is 0 Å². The second kappa shape index (κ2) is 12.3. The number of guanidine groups is 1. The van der Waals surface area contributed by atoms with Gasteiger partial charge in [-0.05, 0) is 32.1 Å². The molecule has 0 atom stereocenters. The van der Waals surface area contributed by atoms with Crippen molar-refractivity contribution in [2.75, 3.05) is 33.4 Å². The number of nitrogens with zero attached hydrogens (tertiary/aromatic N) is 1. The van der Waals surface area contributed by atoms with E-state index in [0.29, 0.717) is 12.5 Å². The Morgan fingerprint density at radius 3 is 2.45 bits per heavy atom. The van der Waals surface area contributed by atoms with E-state index in [0.717, 1.165) is 64.4 Å². The van der Waals surface area contributed by atoms with Gasteiger partial charge < -0.3 is 20.7 Å². The van der Waals surface area contributed by atoms with E-state index in [2.05, 4.69) is 27.9 Å². The van der Waals surface area contributed by atoms with E-state index in [4.69, 9.17) is 4.74 Å². The highest BCUT2D eigenvalue weighted by Crippen LogP contribution is 2.18. The van der Waals surface area contributed by atoms with Crippen LogP contribution in [0.1, 0.15) is 51.9 Å². The van der Waals surface area contributed by atoms with Gasteiger partial charge in [0.15, 0.2) is 5.96 Å². The Hall–Kier alpha value is -1.30. The molecule has 3 N–H and O–H groups in total. The molecule has 0 unspecified atom stereocenters. The van der Waals surface area contributed by atoms with Crippen molar-refractivity contribution in [3.05, 3.63) is 0 Å². The van der Waals surface area contributed by atoms with Crippen molar-refractivity contribution in [3.8, 4) is 0 Å². The van der Waals surface area contributed by atoms with Gasteiger partial charge in [-0.3, -0.25) is 9.79 Å². The first-order valence-corrected chi connectivity index (χ1v) is 8.58. The maximum Gasteiger partial charge on any atom is 0.220 e. The van der Waals surface area contributed by atoms with Crippen LogP contribution in [0.2, 0.25) is 0 Å². The summed E-state index contributed by atoms with van der Waals surface area (Å²) in [5.74, 6) is 0.952. The molecule has 0 aromatic rings. The van der Waals surface area contributed by atoms with Crippen LogP contribution in [0.3, 0.4) is 0 Å². The molecular formula is C16H32N4O2. The van der Waals surface area contributed by atoms with Crippen LogP contribution in [0.25, 0.3) is 0 Å². The van der Waals surface area contributed by atoms with Gasteiger partial charge in [0.25, 0.3) is 0 Å². The molecule has 1 saturated carbocycles. The minimum absolute atomic E-state index is 0.163. The van der Waals surface area contributed by atoms with Gasteiger partial charge in [0, 0.05) is 45.8 Å². The highest BCUT2D eigenvalue weighted by atomic mass is 16.5. The lowest BCUT2D eigenvalue weighted by Gasteiger charge is -2.12. The second-order valence-corrected chi connectivity index (χ2v) is 5.69. The average molecular weight is 312 g/mol. The summed E-state index contributed by atoms with van der Waals surface area (Å²) in [5.41, 5.74) is 0. The third-order valence-electron chi connectivity index (χ3n) is 3.44. The number of aliphatic imine (C=N–C) groups is 1. The molecule has 1 aliphatic rings. The van der Waals surface area contributed by atoms with Crippen molar-refractivity contribution < 1.29 is 9.53 Å². The van der Waals surface area contributed by atoms with Gasteiger partial charge in [0.05, 0.1) is 0 Å². The molecule has 6 heteroatoms. The Morgan fingerprint density at radius 2 is 1.82 bits per heavy atom. The standard InChI is InChI=1S/C16H32N4O2/c1-3-4-12-22-13-6-11-19-16(17-2)18-10-5-7-15(21)20-14-8-9-14/h14H,3-13H2,1-2H3,(H,20,21)(H2,17,18,19). The Kier molecular flexibility index (Phi) is 10.5. The van der Waals surface area contributed by atoms with Gasteiger partial charge in [-0.25, -0.2) is 0 Å². The largest absolute Gasteiger partial charge is 0.381 e. The van der Waals surface area contributed by atoms with E-state index in [1.54, 1.807) is 7.05 Å². The second-order valence-electron chi connectivity index (χ2n) is 5.69. The minimum Gasteiger partial charge on any atom is -0.381 e. The van der Waals surface area contributed by atoms with Crippen LogP contribution in [-0.4, -0.2) is 51.3 Å². The SMILES string of the molecule is CCCCOCCCNC(=NC)NCCCC(=O)NC1CC1. The number of ether oxygens (including phenoxy) is 1. The van der Waals surface area contributed by atoms with E-state index in [9.17, 15) is 4.79 Å². The molecule has 1 rings (SSSR count). The number of unbranched alkanes of at least 4 members (excludes halogenated alkanes) is 1. The molecule has 0 bridgehead atoms. The van der Waals surface area contributed by atoms with Gasteiger partial charge in [-0.15, -0.1) is 0 Å². The lowest BCUT2D eigenvalue weighted by molar-refractivity contribution is -0.121. The topological polar surface area (TPSA) is 74.8 Å². The number of carbonyl (C=O) groups is 1. The Balaban J connectivity index is 1.92. The summed E-state index contributed by atoms with van der Waals surface area (Å²) in [7, 11) is 1.76. The maximum absolute atomic E-state index is 11.5. The fourth-order valence-corrected chi connectivity index (χ4v) is 1.93. The van der Waals surface area contributed by atoms with Crippen molar-refractivity contribution in [1.82, 2.24) is 16.0 Å². The van der Waals surface area contributed by atoms with Gasteiger partial charge in [-0.1, -0.05) is 13.3 Å². The zero-order chi connectivity index (χ0) is 16.0. The number of hydrogen-bond donors (Lipinski definition) is 3. The lowest BCUT2D eigenvalue weighted by atomic mass is 10.3. The molecule has 1 aliphatic carbocycles. The maximum atomic E-state index is 11.5. The predicted octanol–water partition coefficient (Wildman–Crippen LogP) is 1.42. The van der Waals surface area contributed by atoms with Crippen molar-refractivity contribution >= 4 is 11.9 Å². The fourth-order valence-electron chi connectivity index (χ4n) is 1.93. The van der Waals surface area contributed by atoms with Crippen LogP contribution >= 0.6 is 0 Å². The normalized spacial score (nSPS) is 14.7. The highest BCUT2D eigenvalue weighted by Gasteiger charge is 2.22. The molecule has 0 saturated heterocycles. The molecular weight excluding hydrogens is 280 g/mol. The van der Waals surface area contributed by atoms with Crippen molar-refractivity contribution in [3.63, 3.8) is 0 Å². The van der Waals surface area contributed by atoms with Gasteiger partial charge in [0.2, 0.25) is 5.91 Å². The molecule has 6 nitrogen and oxygen atoms in total. The van der Waals surface area contributed by atoms with Crippen molar-refractivity contribution in [1.29, 1.82) is 0 Å². The third kappa shape index (κ3) is 10.4. The first-order valence-electron chi connectivity index (χ1n) is 8.58. The Morgan fingerprint density at radius 1 is 1.14 bits per heavy atom. The molecule has 1 amide bonds. The van der Waals surface area contributed by atoms with Crippen molar-refractivity contribution in [2.45, 2.75) is 57.9 Å². The van der Waals surface area contributed by atoms with E-state index in [1.807, 2.05) is 0 Å². The molecule has 0 aromatic carbocycles. The minimum atomic E-state index is 0.163. The number of hydrogen-bond acceptors (Lipinski definition) is 3. The predicted molar refractivity (Wildman–Crippen MR) is 90.1 cm³/mol. The van der Waals surface area contributed by atoms with Crippen LogP contribution in [0, 0.1) is 0 Å². The molecule has 0 aromatic heterocycles. The van der Waals surface area contributed by atoms with E-state index >= 15 is 0 Å². The zero-order valence-corrected chi connectivity index (χ0v) is 14.1. The Bertz CT molecular complexity index is 330. The fraction of sp³-hybridized carbons (Fsp3) is 0.875. The van der Waals surface area contributed by atoms with Gasteiger partial charge in [-0.2, -0.15) is 0 Å². The zero-order valence-electron chi connectivity index (χ0n) is 14.1. The summed E-state index contributed by atoms with van der Waals surface area (Å²) < 4.78 is 5.51. The number of rotatable bonds is 12.